The fourth-order valence-electron chi connectivity index (χ4n) is 1.12. The molecule has 7 nitrogen and oxygen atoms in total. The molecule has 0 aromatic heterocycles. The average Bonchev–Trinajstić information content (AvgIpc) is 2.33. The van der Waals surface area contributed by atoms with Crippen molar-refractivity contribution in [1.82, 2.24) is 0 Å². The normalized spacial score (nSPS) is 37.6. The van der Waals surface area contributed by atoms with E-state index in [4.69, 9.17) is 42.2 Å². The SMILES string of the molecule is O/C=C/CCl.OCC1OC(O)C(O)C(O)[C@@H]1O. The Kier molecular flexibility index (Phi) is 8.44. The molecule has 1 aliphatic rings. The van der Waals surface area contributed by atoms with Crippen molar-refractivity contribution in [1.29, 1.82) is 0 Å². The summed E-state index contributed by atoms with van der Waals surface area (Å²) < 4.78 is 4.58. The van der Waals surface area contributed by atoms with Gasteiger partial charge in [-0.2, -0.15) is 0 Å². The van der Waals surface area contributed by atoms with E-state index in [-0.39, 0.29) is 0 Å². The molecule has 1 aliphatic heterocycles. The van der Waals surface area contributed by atoms with Crippen LogP contribution in [0.1, 0.15) is 0 Å². The molecule has 0 amide bonds. The van der Waals surface area contributed by atoms with E-state index in [9.17, 15) is 0 Å². The lowest BCUT2D eigenvalue weighted by atomic mass is 10.00. The van der Waals surface area contributed by atoms with E-state index in [2.05, 4.69) is 4.74 Å². The molecule has 1 heterocycles. The number of alkyl halides is 1. The molecule has 5 atom stereocenters. The predicted octanol–water partition coefficient (Wildman–Crippen LogP) is -1.92. The van der Waals surface area contributed by atoms with Crippen molar-refractivity contribution < 1.29 is 35.4 Å². The Morgan fingerprint density at radius 1 is 1.06 bits per heavy atom. The zero-order chi connectivity index (χ0) is 13.4. The standard InChI is InChI=1S/C6H12O6.C3H5ClO/c7-1-2-3(8)4(9)5(10)6(11)12-2;4-2-1-3-5/h2-11H,1H2;1,3,5H,2H2/b;3-1+/t2?,3-,4?,5?,6?;/m1./s1. The number of allylic oxidation sites excluding steroid dienone is 1. The van der Waals surface area contributed by atoms with Crippen LogP contribution in [0.4, 0.5) is 0 Å². The van der Waals surface area contributed by atoms with E-state index < -0.39 is 37.3 Å². The van der Waals surface area contributed by atoms with Gasteiger partial charge < -0.3 is 35.4 Å². The van der Waals surface area contributed by atoms with Crippen LogP contribution in [0.25, 0.3) is 0 Å². The summed E-state index contributed by atoms with van der Waals surface area (Å²) in [5, 5.41) is 52.5. The molecule has 6 N–H and O–H groups in total. The number of aliphatic hydroxyl groups is 6. The summed E-state index contributed by atoms with van der Waals surface area (Å²) in [4.78, 5) is 0. The Labute approximate surface area is 103 Å². The van der Waals surface area contributed by atoms with Crippen molar-refractivity contribution >= 4 is 11.6 Å². The second-order valence-corrected chi connectivity index (χ2v) is 3.57. The molecule has 1 fully saturated rings. The number of hydrogen-bond donors (Lipinski definition) is 6. The van der Waals surface area contributed by atoms with Crippen molar-refractivity contribution in [3.63, 3.8) is 0 Å². The molecular formula is C9H17ClO7. The minimum atomic E-state index is -1.57. The fraction of sp³-hybridized carbons (Fsp3) is 0.778. The monoisotopic (exact) mass is 272 g/mol. The van der Waals surface area contributed by atoms with Gasteiger partial charge in [-0.3, -0.25) is 0 Å². The molecular weight excluding hydrogens is 256 g/mol. The van der Waals surface area contributed by atoms with Crippen LogP contribution in [-0.4, -0.2) is 73.8 Å². The topological polar surface area (TPSA) is 131 Å². The quantitative estimate of drug-likeness (QED) is 0.255. The number of aliphatic hydroxyl groups excluding tert-OH is 6. The molecule has 0 aromatic carbocycles. The molecule has 0 bridgehead atoms. The van der Waals surface area contributed by atoms with E-state index >= 15 is 0 Å². The van der Waals surface area contributed by atoms with Gasteiger partial charge in [-0.05, 0) is 6.08 Å². The van der Waals surface area contributed by atoms with Crippen LogP contribution in [0.15, 0.2) is 12.3 Å². The highest BCUT2D eigenvalue weighted by Crippen LogP contribution is 2.18. The van der Waals surface area contributed by atoms with Gasteiger partial charge in [-0.1, -0.05) is 0 Å². The van der Waals surface area contributed by atoms with E-state index in [1.807, 2.05) is 0 Å². The third-order valence-electron chi connectivity index (χ3n) is 2.06. The van der Waals surface area contributed by atoms with Crippen LogP contribution in [-0.2, 0) is 4.74 Å². The van der Waals surface area contributed by atoms with Gasteiger partial charge in [0.1, 0.15) is 24.4 Å². The van der Waals surface area contributed by atoms with Gasteiger partial charge in [0, 0.05) is 5.88 Å². The van der Waals surface area contributed by atoms with Gasteiger partial charge in [0.15, 0.2) is 6.29 Å². The summed E-state index contributed by atoms with van der Waals surface area (Å²) in [5.74, 6) is 0.385. The van der Waals surface area contributed by atoms with Crippen LogP contribution in [0.5, 0.6) is 0 Å². The summed E-state index contributed by atoms with van der Waals surface area (Å²) in [5.41, 5.74) is 0. The van der Waals surface area contributed by atoms with E-state index in [0.29, 0.717) is 5.88 Å². The Morgan fingerprint density at radius 2 is 1.65 bits per heavy atom. The number of rotatable bonds is 2. The molecule has 8 heteroatoms. The van der Waals surface area contributed by atoms with Crippen molar-refractivity contribution in [2.75, 3.05) is 12.5 Å². The maximum atomic E-state index is 9.12. The first-order chi connectivity index (χ1) is 7.99. The Bertz CT molecular complexity index is 221. The van der Waals surface area contributed by atoms with Gasteiger partial charge >= 0.3 is 0 Å². The number of halogens is 1. The average molecular weight is 273 g/mol. The fourth-order valence-corrected chi connectivity index (χ4v) is 1.20. The first-order valence-corrected chi connectivity index (χ1v) is 5.36. The lowest BCUT2D eigenvalue weighted by Crippen LogP contribution is -2.58. The molecule has 1 rings (SSSR count). The van der Waals surface area contributed by atoms with Gasteiger partial charge in [0.2, 0.25) is 0 Å². The van der Waals surface area contributed by atoms with Gasteiger partial charge in [0.05, 0.1) is 12.9 Å². The molecule has 0 aromatic rings. The zero-order valence-electron chi connectivity index (χ0n) is 8.93. The first-order valence-electron chi connectivity index (χ1n) is 4.83. The van der Waals surface area contributed by atoms with Crippen LogP contribution in [0, 0.1) is 0 Å². The molecule has 0 spiro atoms. The largest absolute Gasteiger partial charge is 0.516 e. The second kappa shape index (κ2) is 8.65. The van der Waals surface area contributed by atoms with Gasteiger partial charge in [-0.15, -0.1) is 11.6 Å². The maximum absolute atomic E-state index is 9.12. The van der Waals surface area contributed by atoms with Crippen molar-refractivity contribution in [3.05, 3.63) is 12.3 Å². The number of ether oxygens (including phenoxy) is 1. The van der Waals surface area contributed by atoms with E-state index in [0.717, 1.165) is 6.26 Å². The Hall–Kier alpha value is -0.410. The molecule has 0 radical (unpaired) electrons. The molecule has 17 heavy (non-hydrogen) atoms. The van der Waals surface area contributed by atoms with E-state index in [1.165, 1.54) is 6.08 Å². The van der Waals surface area contributed by atoms with Crippen LogP contribution < -0.4 is 0 Å². The maximum Gasteiger partial charge on any atom is 0.184 e. The Balaban J connectivity index is 0.000000437. The molecule has 0 saturated carbocycles. The molecule has 4 unspecified atom stereocenters. The van der Waals surface area contributed by atoms with Crippen LogP contribution in [0.3, 0.4) is 0 Å². The van der Waals surface area contributed by atoms with Gasteiger partial charge in [-0.25, -0.2) is 0 Å². The second-order valence-electron chi connectivity index (χ2n) is 3.26. The minimum absolute atomic E-state index is 0.385. The summed E-state index contributed by atoms with van der Waals surface area (Å²) in [6, 6.07) is 0. The van der Waals surface area contributed by atoms with Crippen LogP contribution >= 0.6 is 11.6 Å². The van der Waals surface area contributed by atoms with Crippen molar-refractivity contribution in [2.45, 2.75) is 30.7 Å². The summed E-state index contributed by atoms with van der Waals surface area (Å²) in [7, 11) is 0. The number of hydrogen-bond acceptors (Lipinski definition) is 7. The smallest absolute Gasteiger partial charge is 0.184 e. The molecule has 1 saturated heterocycles. The van der Waals surface area contributed by atoms with Crippen LogP contribution in [0.2, 0.25) is 0 Å². The van der Waals surface area contributed by atoms with Crippen molar-refractivity contribution in [2.24, 2.45) is 0 Å². The lowest BCUT2D eigenvalue weighted by molar-refractivity contribution is -0.286. The summed E-state index contributed by atoms with van der Waals surface area (Å²) in [6.45, 7) is -0.526. The molecule has 102 valence electrons. The summed E-state index contributed by atoms with van der Waals surface area (Å²) in [6.07, 6.45) is -4.67. The Morgan fingerprint density at radius 3 is 2.00 bits per heavy atom. The third kappa shape index (κ3) is 5.17. The van der Waals surface area contributed by atoms with Gasteiger partial charge in [0.25, 0.3) is 0 Å². The highest BCUT2D eigenvalue weighted by molar-refractivity contribution is 6.18. The zero-order valence-corrected chi connectivity index (χ0v) is 9.68. The predicted molar refractivity (Wildman–Crippen MR) is 58.5 cm³/mol. The highest BCUT2D eigenvalue weighted by Gasteiger charge is 2.42. The van der Waals surface area contributed by atoms with E-state index in [1.54, 1.807) is 0 Å². The lowest BCUT2D eigenvalue weighted by Gasteiger charge is -2.37. The minimum Gasteiger partial charge on any atom is -0.516 e. The third-order valence-corrected chi connectivity index (χ3v) is 2.24. The van der Waals surface area contributed by atoms with Crippen molar-refractivity contribution in [3.8, 4) is 0 Å². The summed E-state index contributed by atoms with van der Waals surface area (Å²) >= 11 is 5.05. The first kappa shape index (κ1) is 16.6. The molecule has 0 aliphatic carbocycles. The highest BCUT2D eigenvalue weighted by atomic mass is 35.5.